The minimum absolute atomic E-state index is 0.589. The van der Waals surface area contributed by atoms with Crippen LogP contribution in [0.4, 0.5) is 0 Å². The summed E-state index contributed by atoms with van der Waals surface area (Å²) in [6.45, 7) is 1.20. The summed E-state index contributed by atoms with van der Waals surface area (Å²) >= 11 is 0. The molecule has 0 radical (unpaired) electrons. The molecular weight excluding hydrogens is 360 g/mol. The van der Waals surface area contributed by atoms with Crippen molar-refractivity contribution in [1.82, 2.24) is 0 Å². The van der Waals surface area contributed by atoms with Crippen molar-refractivity contribution in [1.29, 1.82) is 0 Å². The lowest BCUT2D eigenvalue weighted by Crippen LogP contribution is -1.98. The molecule has 3 nitrogen and oxygen atoms in total. The van der Waals surface area contributed by atoms with E-state index in [1.54, 1.807) is 14.2 Å². The molecule has 0 atom stereocenters. The van der Waals surface area contributed by atoms with Crippen LogP contribution in [0.1, 0.15) is 16.7 Å². The third-order valence-electron chi connectivity index (χ3n) is 5.09. The molecule has 0 aliphatic carbocycles. The van der Waals surface area contributed by atoms with E-state index in [0.717, 1.165) is 22.6 Å². The molecule has 0 aromatic heterocycles. The van der Waals surface area contributed by atoms with Crippen LogP contribution >= 0.6 is 0 Å². The van der Waals surface area contributed by atoms with Gasteiger partial charge in [0.2, 0.25) is 0 Å². The second-order valence-electron chi connectivity index (χ2n) is 6.88. The van der Waals surface area contributed by atoms with E-state index in [0.29, 0.717) is 13.2 Å². The van der Waals surface area contributed by atoms with Crippen molar-refractivity contribution in [2.24, 2.45) is 0 Å². The Kier molecular flexibility index (Phi) is 5.78. The predicted octanol–water partition coefficient (Wildman–Crippen LogP) is 5.62. The molecule has 0 N–H and O–H groups in total. The Balaban J connectivity index is 1.86. The fourth-order valence-corrected chi connectivity index (χ4v) is 3.59. The second-order valence-corrected chi connectivity index (χ2v) is 6.88. The van der Waals surface area contributed by atoms with E-state index in [4.69, 9.17) is 14.2 Å². The number of methoxy groups -OCH3 is 2. The molecule has 0 bridgehead atoms. The van der Waals surface area contributed by atoms with E-state index in [1.165, 1.54) is 22.3 Å². The molecule has 1 aliphatic rings. The van der Waals surface area contributed by atoms with Crippen LogP contribution < -0.4 is 9.47 Å². The molecule has 146 valence electrons. The Hall–Kier alpha value is -3.30. The van der Waals surface area contributed by atoms with Crippen molar-refractivity contribution < 1.29 is 14.2 Å². The molecule has 4 rings (SSSR count). The highest BCUT2D eigenvalue weighted by Crippen LogP contribution is 2.35. The molecule has 3 aromatic rings. The van der Waals surface area contributed by atoms with Gasteiger partial charge in [0, 0.05) is 0 Å². The fraction of sp³-hybridized carbons (Fsp3) is 0.154. The predicted molar refractivity (Wildman–Crippen MR) is 117 cm³/mol. The standard InChI is InChI=1S/C26H24O3/c1-27-23-12-8-20(9-13-23)26(21-10-14-24(28-2)15-11-21)25-18-29-17-22(25)16-19-6-4-3-5-7-19/h3-16H,17-18H2,1-2H3/b22-16+. The summed E-state index contributed by atoms with van der Waals surface area (Å²) in [6, 6.07) is 26.8. The van der Waals surface area contributed by atoms with Crippen LogP contribution in [0.5, 0.6) is 11.5 Å². The first-order chi connectivity index (χ1) is 14.3. The summed E-state index contributed by atoms with van der Waals surface area (Å²) in [7, 11) is 3.37. The lowest BCUT2D eigenvalue weighted by atomic mass is 9.90. The van der Waals surface area contributed by atoms with Gasteiger partial charge in [-0.05, 0) is 63.8 Å². The van der Waals surface area contributed by atoms with Gasteiger partial charge in [-0.25, -0.2) is 0 Å². The van der Waals surface area contributed by atoms with E-state index in [9.17, 15) is 0 Å². The maximum atomic E-state index is 5.88. The first-order valence-corrected chi connectivity index (χ1v) is 9.64. The highest BCUT2D eigenvalue weighted by Gasteiger charge is 2.21. The van der Waals surface area contributed by atoms with Crippen LogP contribution in [0, 0.1) is 0 Å². The van der Waals surface area contributed by atoms with Crippen LogP contribution in [-0.4, -0.2) is 27.4 Å². The van der Waals surface area contributed by atoms with Crippen molar-refractivity contribution in [3.63, 3.8) is 0 Å². The monoisotopic (exact) mass is 384 g/mol. The number of hydrogen-bond donors (Lipinski definition) is 0. The van der Waals surface area contributed by atoms with E-state index in [2.05, 4.69) is 54.6 Å². The van der Waals surface area contributed by atoms with E-state index >= 15 is 0 Å². The molecule has 29 heavy (non-hydrogen) atoms. The van der Waals surface area contributed by atoms with E-state index in [-0.39, 0.29) is 0 Å². The number of ether oxygens (including phenoxy) is 3. The van der Waals surface area contributed by atoms with E-state index in [1.807, 2.05) is 30.3 Å². The quantitative estimate of drug-likeness (QED) is 0.571. The van der Waals surface area contributed by atoms with Crippen molar-refractivity contribution in [2.45, 2.75) is 0 Å². The van der Waals surface area contributed by atoms with Gasteiger partial charge in [0.05, 0.1) is 27.4 Å². The van der Waals surface area contributed by atoms with Gasteiger partial charge in [-0.1, -0.05) is 54.6 Å². The minimum Gasteiger partial charge on any atom is -0.497 e. The van der Waals surface area contributed by atoms with Gasteiger partial charge >= 0.3 is 0 Å². The normalized spacial score (nSPS) is 14.8. The van der Waals surface area contributed by atoms with Gasteiger partial charge in [-0.3, -0.25) is 0 Å². The summed E-state index contributed by atoms with van der Waals surface area (Å²) in [5.74, 6) is 1.69. The zero-order chi connectivity index (χ0) is 20.1. The zero-order valence-corrected chi connectivity index (χ0v) is 16.7. The third kappa shape index (κ3) is 4.25. The summed E-state index contributed by atoms with van der Waals surface area (Å²) in [4.78, 5) is 0. The maximum absolute atomic E-state index is 5.88. The van der Waals surface area contributed by atoms with Crippen molar-refractivity contribution in [2.75, 3.05) is 27.4 Å². The zero-order valence-electron chi connectivity index (χ0n) is 16.7. The Morgan fingerprint density at radius 1 is 0.724 bits per heavy atom. The lowest BCUT2D eigenvalue weighted by Gasteiger charge is -2.14. The van der Waals surface area contributed by atoms with Gasteiger partial charge in [0.15, 0.2) is 0 Å². The molecule has 1 saturated heterocycles. The van der Waals surface area contributed by atoms with Crippen LogP contribution in [0.25, 0.3) is 11.6 Å². The Labute approximate surface area is 171 Å². The number of rotatable bonds is 5. The first kappa shape index (κ1) is 19.0. The van der Waals surface area contributed by atoms with Crippen molar-refractivity contribution in [3.05, 3.63) is 107 Å². The fourth-order valence-electron chi connectivity index (χ4n) is 3.59. The second kappa shape index (κ2) is 8.80. The van der Waals surface area contributed by atoms with Gasteiger partial charge in [0.25, 0.3) is 0 Å². The summed E-state index contributed by atoms with van der Waals surface area (Å²) in [5.41, 5.74) is 7.04. The summed E-state index contributed by atoms with van der Waals surface area (Å²) in [5, 5.41) is 0. The van der Waals surface area contributed by atoms with Crippen LogP contribution in [0.3, 0.4) is 0 Å². The highest BCUT2D eigenvalue weighted by molar-refractivity contribution is 5.87. The Morgan fingerprint density at radius 3 is 1.79 bits per heavy atom. The van der Waals surface area contributed by atoms with Crippen LogP contribution in [0.2, 0.25) is 0 Å². The number of benzene rings is 3. The maximum Gasteiger partial charge on any atom is 0.118 e. The average molecular weight is 384 g/mol. The van der Waals surface area contributed by atoms with Crippen molar-refractivity contribution >= 4 is 11.6 Å². The molecule has 1 heterocycles. The molecule has 1 aliphatic heterocycles. The number of hydrogen-bond acceptors (Lipinski definition) is 3. The Morgan fingerprint density at radius 2 is 1.28 bits per heavy atom. The van der Waals surface area contributed by atoms with Crippen LogP contribution in [-0.2, 0) is 4.74 Å². The first-order valence-electron chi connectivity index (χ1n) is 9.64. The minimum atomic E-state index is 0.589. The SMILES string of the molecule is COc1ccc(C(=C2COC/C2=C\c2ccccc2)c2ccc(OC)cc2)cc1. The van der Waals surface area contributed by atoms with Crippen molar-refractivity contribution in [3.8, 4) is 11.5 Å². The molecule has 0 unspecified atom stereocenters. The van der Waals surface area contributed by atoms with Gasteiger partial charge < -0.3 is 14.2 Å². The topological polar surface area (TPSA) is 27.7 Å². The Bertz CT molecular complexity index is 964. The third-order valence-corrected chi connectivity index (χ3v) is 5.09. The van der Waals surface area contributed by atoms with E-state index < -0.39 is 0 Å². The average Bonchev–Trinajstić information content (AvgIpc) is 3.23. The molecular formula is C26H24O3. The highest BCUT2D eigenvalue weighted by atomic mass is 16.5. The molecule has 3 heteroatoms. The van der Waals surface area contributed by atoms with Gasteiger partial charge in [-0.15, -0.1) is 0 Å². The summed E-state index contributed by atoms with van der Waals surface area (Å²) in [6.07, 6.45) is 2.22. The molecule has 0 saturated carbocycles. The summed E-state index contributed by atoms with van der Waals surface area (Å²) < 4.78 is 16.6. The molecule has 3 aromatic carbocycles. The molecule has 0 amide bonds. The smallest absolute Gasteiger partial charge is 0.118 e. The lowest BCUT2D eigenvalue weighted by molar-refractivity contribution is 0.215. The molecule has 0 spiro atoms. The van der Waals surface area contributed by atoms with Crippen LogP contribution in [0.15, 0.2) is 90.0 Å². The van der Waals surface area contributed by atoms with Gasteiger partial charge in [-0.2, -0.15) is 0 Å². The van der Waals surface area contributed by atoms with Gasteiger partial charge in [0.1, 0.15) is 11.5 Å². The molecule has 1 fully saturated rings. The largest absolute Gasteiger partial charge is 0.497 e.